The van der Waals surface area contributed by atoms with Gasteiger partial charge in [-0.25, -0.2) is 0 Å². The van der Waals surface area contributed by atoms with E-state index in [0.717, 1.165) is 13.2 Å². The Morgan fingerprint density at radius 2 is 1.79 bits per heavy atom. The molecule has 2 atom stereocenters. The van der Waals surface area contributed by atoms with Crippen LogP contribution in [0.25, 0.3) is 0 Å². The summed E-state index contributed by atoms with van der Waals surface area (Å²) in [6.45, 7) is 3.73. The molecule has 0 aliphatic carbocycles. The van der Waals surface area contributed by atoms with Gasteiger partial charge in [0.1, 0.15) is 0 Å². The van der Waals surface area contributed by atoms with E-state index in [1.165, 1.54) is 22.3 Å². The van der Waals surface area contributed by atoms with Gasteiger partial charge >= 0.3 is 0 Å². The van der Waals surface area contributed by atoms with Crippen molar-refractivity contribution in [2.75, 3.05) is 0 Å². The van der Waals surface area contributed by atoms with Gasteiger partial charge in [-0.2, -0.15) is 0 Å². The molecule has 1 aromatic heterocycles. The monoisotopic (exact) mass is 317 g/mol. The molecule has 0 saturated carbocycles. The summed E-state index contributed by atoms with van der Waals surface area (Å²) in [4.78, 5) is 4.38. The lowest BCUT2D eigenvalue weighted by atomic mass is 9.93. The lowest BCUT2D eigenvalue weighted by Crippen LogP contribution is -2.03. The molecule has 1 aromatic carbocycles. The smallest absolute Gasteiger partial charge is 0.0725 e. The third-order valence-electron chi connectivity index (χ3n) is 3.73. The number of hydrogen-bond donors (Lipinski definition) is 0. The fourth-order valence-electron chi connectivity index (χ4n) is 2.49. The summed E-state index contributed by atoms with van der Waals surface area (Å²) < 4.78 is 5.47. The van der Waals surface area contributed by atoms with Crippen LogP contribution < -0.4 is 0 Å². The van der Waals surface area contributed by atoms with E-state index in [1.54, 1.807) is 0 Å². The van der Waals surface area contributed by atoms with E-state index in [1.807, 2.05) is 12.4 Å². The van der Waals surface area contributed by atoms with Gasteiger partial charge in [0.15, 0.2) is 0 Å². The van der Waals surface area contributed by atoms with Crippen molar-refractivity contribution in [3.05, 3.63) is 65.0 Å². The zero-order valence-electron chi connectivity index (χ0n) is 10.8. The molecule has 0 spiro atoms. The number of rotatable bonds is 3. The van der Waals surface area contributed by atoms with Gasteiger partial charge in [0.25, 0.3) is 0 Å². The van der Waals surface area contributed by atoms with Gasteiger partial charge in [-0.1, -0.05) is 41.1 Å². The summed E-state index contributed by atoms with van der Waals surface area (Å²) >= 11 is 3.84. The Bertz CT molecular complexity index is 570. The summed E-state index contributed by atoms with van der Waals surface area (Å²) in [5.74, 6) is 0.406. The van der Waals surface area contributed by atoms with Crippen molar-refractivity contribution in [1.82, 2.24) is 4.98 Å². The summed E-state index contributed by atoms with van der Waals surface area (Å²) in [5.41, 5.74) is 5.26. The van der Waals surface area contributed by atoms with E-state index in [0.29, 0.717) is 10.7 Å². The fourth-order valence-corrected chi connectivity index (χ4v) is 3.08. The average molecular weight is 318 g/mol. The zero-order valence-corrected chi connectivity index (χ0v) is 12.4. The van der Waals surface area contributed by atoms with Crippen LogP contribution in [0.15, 0.2) is 42.7 Å². The Kier molecular flexibility index (Phi) is 3.67. The molecule has 0 fully saturated rings. The number of alkyl halides is 1. The number of benzene rings is 1. The molecule has 0 saturated heterocycles. The van der Waals surface area contributed by atoms with Crippen LogP contribution in [0.1, 0.15) is 39.9 Å². The predicted molar refractivity (Wildman–Crippen MR) is 79.3 cm³/mol. The molecule has 2 aromatic rings. The third-order valence-corrected chi connectivity index (χ3v) is 5.06. The minimum absolute atomic E-state index is 0.306. The number of halogens is 1. The fraction of sp³-hybridized carbons (Fsp3) is 0.312. The summed E-state index contributed by atoms with van der Waals surface area (Å²) in [7, 11) is 0. The van der Waals surface area contributed by atoms with Gasteiger partial charge in [-0.05, 0) is 40.3 Å². The molecule has 98 valence electrons. The Balaban J connectivity index is 1.86. The summed E-state index contributed by atoms with van der Waals surface area (Å²) in [5, 5.41) is 0. The first-order valence-corrected chi connectivity index (χ1v) is 7.40. The maximum atomic E-state index is 5.47. The molecule has 19 heavy (non-hydrogen) atoms. The average Bonchev–Trinajstić information content (AvgIpc) is 2.94. The second-order valence-corrected chi connectivity index (χ2v) is 5.98. The first kappa shape index (κ1) is 12.8. The number of aromatic nitrogens is 1. The van der Waals surface area contributed by atoms with E-state index in [2.05, 4.69) is 58.2 Å². The van der Waals surface area contributed by atoms with Crippen LogP contribution in [-0.4, -0.2) is 4.98 Å². The van der Waals surface area contributed by atoms with Gasteiger partial charge in [0.2, 0.25) is 0 Å². The second kappa shape index (κ2) is 5.43. The maximum absolute atomic E-state index is 5.47. The van der Waals surface area contributed by atoms with Crippen molar-refractivity contribution in [2.45, 2.75) is 30.9 Å². The number of fused-ring (bicyclic) bond motifs is 1. The molecule has 3 rings (SSSR count). The molecule has 2 nitrogen and oxygen atoms in total. The van der Waals surface area contributed by atoms with E-state index in [-0.39, 0.29) is 0 Å². The van der Waals surface area contributed by atoms with Gasteiger partial charge in [-0.15, -0.1) is 0 Å². The highest BCUT2D eigenvalue weighted by molar-refractivity contribution is 9.09. The highest BCUT2D eigenvalue weighted by Gasteiger charge is 2.20. The molecule has 2 unspecified atom stereocenters. The van der Waals surface area contributed by atoms with Crippen molar-refractivity contribution in [2.24, 2.45) is 0 Å². The van der Waals surface area contributed by atoms with E-state index in [9.17, 15) is 0 Å². The second-order valence-electron chi connectivity index (χ2n) is 4.99. The SMILES string of the molecule is CC(c1ccncc1)C(Br)c1ccc2c(c1)COC2. The molecule has 0 N–H and O–H groups in total. The molecular weight excluding hydrogens is 302 g/mol. The molecule has 2 heterocycles. The Morgan fingerprint density at radius 3 is 2.58 bits per heavy atom. The van der Waals surface area contributed by atoms with Crippen molar-refractivity contribution in [3.8, 4) is 0 Å². The third kappa shape index (κ3) is 2.58. The molecule has 0 radical (unpaired) electrons. The molecule has 1 aliphatic heterocycles. The molecular formula is C16H16BrNO. The molecule has 1 aliphatic rings. The number of hydrogen-bond acceptors (Lipinski definition) is 2. The highest BCUT2D eigenvalue weighted by atomic mass is 79.9. The minimum Gasteiger partial charge on any atom is -0.372 e. The van der Waals surface area contributed by atoms with Crippen LogP contribution in [0.4, 0.5) is 0 Å². The summed E-state index contributed by atoms with van der Waals surface area (Å²) in [6, 6.07) is 10.8. The van der Waals surface area contributed by atoms with Crippen LogP contribution in [0.2, 0.25) is 0 Å². The Morgan fingerprint density at radius 1 is 1.05 bits per heavy atom. The molecule has 0 bridgehead atoms. The van der Waals surface area contributed by atoms with Gasteiger partial charge < -0.3 is 4.74 Å². The van der Waals surface area contributed by atoms with Gasteiger partial charge in [-0.3, -0.25) is 4.98 Å². The highest BCUT2D eigenvalue weighted by Crippen LogP contribution is 2.38. The predicted octanol–water partition coefficient (Wildman–Crippen LogP) is 4.35. The van der Waals surface area contributed by atoms with Crippen molar-refractivity contribution >= 4 is 15.9 Å². The van der Waals surface area contributed by atoms with Crippen molar-refractivity contribution in [1.29, 1.82) is 0 Å². The molecule has 3 heteroatoms. The van der Waals surface area contributed by atoms with E-state index < -0.39 is 0 Å². The van der Waals surface area contributed by atoms with Crippen LogP contribution in [0, 0.1) is 0 Å². The Labute approximate surface area is 122 Å². The van der Waals surface area contributed by atoms with Crippen molar-refractivity contribution in [3.63, 3.8) is 0 Å². The standard InChI is InChI=1S/C16H16BrNO/c1-11(12-4-6-18-7-5-12)16(17)13-2-3-14-9-19-10-15(14)8-13/h2-8,11,16H,9-10H2,1H3. The van der Waals surface area contributed by atoms with Crippen LogP contribution in [-0.2, 0) is 18.0 Å². The molecule has 0 amide bonds. The van der Waals surface area contributed by atoms with E-state index >= 15 is 0 Å². The van der Waals surface area contributed by atoms with Gasteiger partial charge in [0.05, 0.1) is 13.2 Å². The largest absolute Gasteiger partial charge is 0.372 e. The first-order chi connectivity index (χ1) is 9.25. The lowest BCUT2D eigenvalue weighted by Gasteiger charge is -2.19. The topological polar surface area (TPSA) is 22.1 Å². The van der Waals surface area contributed by atoms with Crippen molar-refractivity contribution < 1.29 is 4.74 Å². The lowest BCUT2D eigenvalue weighted by molar-refractivity contribution is 0.134. The van der Waals surface area contributed by atoms with E-state index in [4.69, 9.17) is 4.74 Å². The van der Waals surface area contributed by atoms with Crippen LogP contribution >= 0.6 is 15.9 Å². The maximum Gasteiger partial charge on any atom is 0.0725 e. The first-order valence-electron chi connectivity index (χ1n) is 6.49. The van der Waals surface area contributed by atoms with Crippen LogP contribution in [0.5, 0.6) is 0 Å². The van der Waals surface area contributed by atoms with Crippen LogP contribution in [0.3, 0.4) is 0 Å². The number of pyridine rings is 1. The normalized spacial score (nSPS) is 16.9. The number of ether oxygens (including phenoxy) is 1. The quantitative estimate of drug-likeness (QED) is 0.785. The zero-order chi connectivity index (χ0) is 13.2. The number of nitrogens with zero attached hydrogens (tertiary/aromatic N) is 1. The summed E-state index contributed by atoms with van der Waals surface area (Å²) in [6.07, 6.45) is 3.70. The van der Waals surface area contributed by atoms with Gasteiger partial charge in [0, 0.05) is 17.2 Å². The minimum atomic E-state index is 0.306. The Hall–Kier alpha value is -1.19.